The Morgan fingerprint density at radius 3 is 2.11 bits per heavy atom. The fourth-order valence-corrected chi connectivity index (χ4v) is 3.92. The van der Waals surface area contributed by atoms with E-state index < -0.39 is 31.1 Å². The van der Waals surface area contributed by atoms with Gasteiger partial charge in [-0.3, -0.25) is 10.1 Å². The first-order valence-electron chi connectivity index (χ1n) is 8.26. The van der Waals surface area contributed by atoms with Crippen molar-refractivity contribution < 1.29 is 22.1 Å². The van der Waals surface area contributed by atoms with Crippen molar-refractivity contribution >= 4 is 38.5 Å². The van der Waals surface area contributed by atoms with Crippen LogP contribution in [0.3, 0.4) is 0 Å². The van der Waals surface area contributed by atoms with E-state index in [-0.39, 0.29) is 5.69 Å². The molecule has 0 spiro atoms. The highest BCUT2D eigenvalue weighted by Gasteiger charge is 2.31. The number of nitrogens with zero attached hydrogens (tertiary/aromatic N) is 3. The number of benzene rings is 2. The highest BCUT2D eigenvalue weighted by molar-refractivity contribution is 7.91. The third kappa shape index (κ3) is 4.02. The lowest BCUT2D eigenvalue weighted by atomic mass is 10.2. The van der Waals surface area contributed by atoms with Crippen molar-refractivity contribution in [1.82, 2.24) is 0 Å². The van der Waals surface area contributed by atoms with Gasteiger partial charge in [0.25, 0.3) is 5.69 Å². The summed E-state index contributed by atoms with van der Waals surface area (Å²) >= 11 is 5.88. The van der Waals surface area contributed by atoms with Gasteiger partial charge in [0.05, 0.1) is 9.82 Å². The van der Waals surface area contributed by atoms with E-state index >= 15 is 0 Å². The molecule has 0 N–H and O–H groups in total. The monoisotopic (exact) mass is 431 g/mol. The number of hydrogen-bond acceptors (Lipinski definition) is 6. The van der Waals surface area contributed by atoms with E-state index in [1.54, 1.807) is 17.0 Å². The highest BCUT2D eigenvalue weighted by atomic mass is 35.5. The molecule has 0 unspecified atom stereocenters. The summed E-state index contributed by atoms with van der Waals surface area (Å²) in [6.07, 6.45) is 0. The Hall–Kier alpha value is -2.46. The number of nitro groups is 1. The summed E-state index contributed by atoms with van der Waals surface area (Å²) in [6.45, 7) is 2.06. The average molecular weight is 432 g/mol. The zero-order chi connectivity index (χ0) is 20.5. The van der Waals surface area contributed by atoms with Crippen LogP contribution in [-0.4, -0.2) is 45.3 Å². The standard InChI is InChI=1S/C17H16ClF2N3O4S/c18-12-1-3-13(4-2-12)21-7-9-22(10-8-21)15-6-5-14(11-16(15)23(24)25)28(26,27)17(19)20/h1-6,11,17H,7-10H2. The Labute approximate surface area is 165 Å². The number of piperazine rings is 1. The molecule has 0 aliphatic carbocycles. The van der Waals surface area contributed by atoms with Crippen LogP contribution in [0.5, 0.6) is 0 Å². The number of hydrogen-bond donors (Lipinski definition) is 0. The van der Waals surface area contributed by atoms with Gasteiger partial charge in [0.2, 0.25) is 9.84 Å². The van der Waals surface area contributed by atoms with Gasteiger partial charge < -0.3 is 9.80 Å². The molecule has 0 saturated carbocycles. The molecule has 0 aromatic heterocycles. The van der Waals surface area contributed by atoms with E-state index in [0.717, 1.165) is 11.8 Å². The molecule has 28 heavy (non-hydrogen) atoms. The first-order chi connectivity index (χ1) is 13.2. The van der Waals surface area contributed by atoms with Crippen molar-refractivity contribution in [2.24, 2.45) is 0 Å². The van der Waals surface area contributed by atoms with Crippen molar-refractivity contribution in [1.29, 1.82) is 0 Å². The zero-order valence-corrected chi connectivity index (χ0v) is 16.0. The van der Waals surface area contributed by atoms with E-state index in [9.17, 15) is 27.3 Å². The van der Waals surface area contributed by atoms with Gasteiger partial charge in [-0.25, -0.2) is 8.42 Å². The zero-order valence-electron chi connectivity index (χ0n) is 14.5. The second-order valence-corrected chi connectivity index (χ2v) is 8.52. The number of halogens is 3. The molecule has 150 valence electrons. The number of sulfone groups is 1. The summed E-state index contributed by atoms with van der Waals surface area (Å²) in [7, 11) is -4.90. The maximum atomic E-state index is 12.7. The fourth-order valence-electron chi connectivity index (χ4n) is 3.05. The summed E-state index contributed by atoms with van der Waals surface area (Å²) in [4.78, 5) is 13.7. The van der Waals surface area contributed by atoms with Gasteiger partial charge in [-0.2, -0.15) is 8.78 Å². The minimum atomic E-state index is -4.90. The van der Waals surface area contributed by atoms with Crippen LogP contribution in [0.1, 0.15) is 0 Å². The number of nitro benzene ring substituents is 1. The van der Waals surface area contributed by atoms with Crippen LogP contribution < -0.4 is 9.80 Å². The molecule has 0 atom stereocenters. The molecule has 1 aliphatic rings. The van der Waals surface area contributed by atoms with Gasteiger partial charge in [-0.1, -0.05) is 11.6 Å². The molecule has 1 heterocycles. The minimum Gasteiger partial charge on any atom is -0.368 e. The number of alkyl halides is 2. The van der Waals surface area contributed by atoms with Crippen molar-refractivity contribution in [3.05, 3.63) is 57.6 Å². The molecule has 0 radical (unpaired) electrons. The highest BCUT2D eigenvalue weighted by Crippen LogP contribution is 2.33. The van der Waals surface area contributed by atoms with Gasteiger partial charge >= 0.3 is 5.76 Å². The van der Waals surface area contributed by atoms with Gasteiger partial charge in [0.1, 0.15) is 5.69 Å². The maximum absolute atomic E-state index is 12.7. The third-order valence-electron chi connectivity index (χ3n) is 4.52. The molecular formula is C17H16ClF2N3O4S. The van der Waals surface area contributed by atoms with E-state index in [0.29, 0.717) is 37.3 Å². The quantitative estimate of drug-likeness (QED) is 0.531. The van der Waals surface area contributed by atoms with E-state index in [1.807, 2.05) is 12.1 Å². The largest absolute Gasteiger partial charge is 0.368 e. The Morgan fingerprint density at radius 2 is 1.57 bits per heavy atom. The first kappa shape index (κ1) is 20.3. The molecule has 1 fully saturated rings. The summed E-state index contributed by atoms with van der Waals surface area (Å²) < 4.78 is 48.7. The molecule has 1 saturated heterocycles. The molecule has 11 heteroatoms. The van der Waals surface area contributed by atoms with Crippen LogP contribution in [0.25, 0.3) is 0 Å². The van der Waals surface area contributed by atoms with Crippen LogP contribution >= 0.6 is 11.6 Å². The average Bonchev–Trinajstić information content (AvgIpc) is 2.68. The maximum Gasteiger partial charge on any atom is 0.341 e. The Kier molecular flexibility index (Phi) is 5.71. The molecule has 2 aromatic rings. The van der Waals surface area contributed by atoms with Crippen molar-refractivity contribution in [3.8, 4) is 0 Å². The molecule has 1 aliphatic heterocycles. The summed E-state index contributed by atoms with van der Waals surface area (Å²) in [6, 6.07) is 10.2. The lowest BCUT2D eigenvalue weighted by Crippen LogP contribution is -2.46. The predicted octanol–water partition coefficient (Wildman–Crippen LogP) is 3.57. The lowest BCUT2D eigenvalue weighted by Gasteiger charge is -2.37. The van der Waals surface area contributed by atoms with Gasteiger partial charge in [0.15, 0.2) is 0 Å². The van der Waals surface area contributed by atoms with E-state index in [4.69, 9.17) is 11.6 Å². The van der Waals surface area contributed by atoms with Crippen molar-refractivity contribution in [3.63, 3.8) is 0 Å². The predicted molar refractivity (Wildman–Crippen MR) is 102 cm³/mol. The second kappa shape index (κ2) is 7.88. The Morgan fingerprint density at radius 1 is 1.00 bits per heavy atom. The lowest BCUT2D eigenvalue weighted by molar-refractivity contribution is -0.384. The summed E-state index contributed by atoms with van der Waals surface area (Å²) in [5.41, 5.74) is 0.660. The van der Waals surface area contributed by atoms with Crippen LogP contribution in [0.15, 0.2) is 47.4 Å². The smallest absolute Gasteiger partial charge is 0.341 e. The van der Waals surface area contributed by atoms with Crippen LogP contribution in [0, 0.1) is 10.1 Å². The summed E-state index contributed by atoms with van der Waals surface area (Å²) in [5, 5.41) is 12.0. The number of rotatable bonds is 5. The van der Waals surface area contributed by atoms with E-state index in [1.165, 1.54) is 6.07 Å². The Balaban J connectivity index is 1.82. The van der Waals surface area contributed by atoms with Crippen molar-refractivity contribution in [2.75, 3.05) is 36.0 Å². The third-order valence-corrected chi connectivity index (χ3v) is 6.15. The molecule has 3 rings (SSSR count). The molecule has 0 amide bonds. The Bertz CT molecular complexity index is 978. The van der Waals surface area contributed by atoms with Crippen LogP contribution in [0.4, 0.5) is 25.8 Å². The molecule has 2 aromatic carbocycles. The fraction of sp³-hybridized carbons (Fsp3) is 0.294. The van der Waals surface area contributed by atoms with Gasteiger partial charge in [-0.05, 0) is 36.4 Å². The minimum absolute atomic E-state index is 0.203. The topological polar surface area (TPSA) is 83.8 Å². The summed E-state index contributed by atoms with van der Waals surface area (Å²) in [5.74, 6) is -3.64. The molecule has 7 nitrogen and oxygen atoms in total. The number of anilines is 2. The molecule has 0 bridgehead atoms. The van der Waals surface area contributed by atoms with Gasteiger partial charge in [0, 0.05) is 43.0 Å². The van der Waals surface area contributed by atoms with Gasteiger partial charge in [-0.15, -0.1) is 0 Å². The van der Waals surface area contributed by atoms with E-state index in [2.05, 4.69) is 4.90 Å². The first-order valence-corrected chi connectivity index (χ1v) is 10.2. The van der Waals surface area contributed by atoms with Crippen LogP contribution in [-0.2, 0) is 9.84 Å². The molecular weight excluding hydrogens is 416 g/mol. The SMILES string of the molecule is O=[N+]([O-])c1cc(S(=O)(=O)C(F)F)ccc1N1CCN(c2ccc(Cl)cc2)CC1. The van der Waals surface area contributed by atoms with Crippen LogP contribution in [0.2, 0.25) is 5.02 Å². The normalized spacial score (nSPS) is 15.1. The van der Waals surface area contributed by atoms with Crippen molar-refractivity contribution in [2.45, 2.75) is 10.7 Å². The second-order valence-electron chi connectivity index (χ2n) is 6.16.